The van der Waals surface area contributed by atoms with Crippen molar-refractivity contribution in [2.75, 3.05) is 19.7 Å². The average molecular weight is 275 g/mol. The van der Waals surface area contributed by atoms with Crippen molar-refractivity contribution < 1.29 is 19.4 Å². The molecular formula is C15H17NO4. The Morgan fingerprint density at radius 1 is 1.45 bits per heavy atom. The quantitative estimate of drug-likeness (QED) is 0.866. The summed E-state index contributed by atoms with van der Waals surface area (Å²) in [5, 5.41) is 20.0. The number of carbonyl (C=O) groups excluding carboxylic acids is 1. The highest BCUT2D eigenvalue weighted by atomic mass is 16.3. The third-order valence-electron chi connectivity index (χ3n) is 3.80. The van der Waals surface area contributed by atoms with Gasteiger partial charge < -0.3 is 19.5 Å². The van der Waals surface area contributed by atoms with Crippen molar-refractivity contribution >= 4 is 16.9 Å². The molecule has 0 aliphatic carbocycles. The second kappa shape index (κ2) is 4.61. The van der Waals surface area contributed by atoms with E-state index in [1.807, 2.05) is 13.0 Å². The van der Waals surface area contributed by atoms with Crippen molar-refractivity contribution in [1.29, 1.82) is 0 Å². The molecule has 5 nitrogen and oxygen atoms in total. The number of hydrogen-bond acceptors (Lipinski definition) is 4. The minimum atomic E-state index is -1.16. The van der Waals surface area contributed by atoms with Gasteiger partial charge in [-0.05, 0) is 37.6 Å². The lowest BCUT2D eigenvalue weighted by atomic mass is 10.1. The maximum atomic E-state index is 12.4. The fourth-order valence-electron chi connectivity index (χ4n) is 2.65. The second-order valence-corrected chi connectivity index (χ2v) is 5.47. The van der Waals surface area contributed by atoms with Crippen molar-refractivity contribution in [3.8, 4) is 0 Å². The maximum absolute atomic E-state index is 12.4. The monoisotopic (exact) mass is 275 g/mol. The number of hydrogen-bond donors (Lipinski definition) is 2. The number of β-amino-alcohol motifs (C(OH)–C–C–N with tert-alkyl or cyclic N) is 1. The smallest absolute Gasteiger partial charge is 0.253 e. The molecule has 3 rings (SSSR count). The molecule has 2 N–H and O–H groups in total. The lowest BCUT2D eigenvalue weighted by Crippen LogP contribution is -2.38. The number of furan rings is 1. The highest BCUT2D eigenvalue weighted by Crippen LogP contribution is 2.25. The Kier molecular flexibility index (Phi) is 3.03. The van der Waals surface area contributed by atoms with E-state index in [-0.39, 0.29) is 19.1 Å². The summed E-state index contributed by atoms with van der Waals surface area (Å²) in [6, 6.07) is 7.19. The molecule has 1 atom stereocenters. The number of rotatable bonds is 2. The molecule has 1 aliphatic heterocycles. The molecule has 2 heterocycles. The zero-order valence-electron chi connectivity index (χ0n) is 11.3. The van der Waals surface area contributed by atoms with Crippen molar-refractivity contribution in [2.45, 2.75) is 18.9 Å². The number of amides is 1. The van der Waals surface area contributed by atoms with Crippen LogP contribution in [0.5, 0.6) is 0 Å². The first-order chi connectivity index (χ1) is 9.50. The highest BCUT2D eigenvalue weighted by molar-refractivity contribution is 5.98. The summed E-state index contributed by atoms with van der Waals surface area (Å²) >= 11 is 0. The predicted octanol–water partition coefficient (Wildman–Crippen LogP) is 1.31. The van der Waals surface area contributed by atoms with Crippen molar-refractivity contribution in [2.24, 2.45) is 0 Å². The SMILES string of the molecule is Cc1cc2cc(C(=O)N3CC[C@@](O)(CO)C3)ccc2o1. The van der Waals surface area contributed by atoms with E-state index in [0.717, 1.165) is 16.7 Å². The van der Waals surface area contributed by atoms with Gasteiger partial charge in [-0.3, -0.25) is 4.79 Å². The molecule has 1 aromatic carbocycles. The maximum Gasteiger partial charge on any atom is 0.253 e. The molecule has 0 bridgehead atoms. The normalized spacial score (nSPS) is 22.6. The van der Waals surface area contributed by atoms with Gasteiger partial charge in [-0.15, -0.1) is 0 Å². The molecule has 1 saturated heterocycles. The lowest BCUT2D eigenvalue weighted by molar-refractivity contribution is -0.00455. The number of aliphatic hydroxyl groups excluding tert-OH is 1. The second-order valence-electron chi connectivity index (χ2n) is 5.47. The van der Waals surface area contributed by atoms with E-state index in [9.17, 15) is 9.90 Å². The van der Waals surface area contributed by atoms with Gasteiger partial charge in [0.1, 0.15) is 16.9 Å². The summed E-state index contributed by atoms with van der Waals surface area (Å²) in [6.45, 7) is 2.17. The van der Waals surface area contributed by atoms with Crippen molar-refractivity contribution in [3.05, 3.63) is 35.6 Å². The standard InChI is InChI=1S/C15H17NO4/c1-10-6-12-7-11(2-3-13(12)20-10)14(18)16-5-4-15(19,8-16)9-17/h2-3,6-7,17,19H,4-5,8-9H2,1H3/t15-/m0/s1. The average Bonchev–Trinajstić information content (AvgIpc) is 3.00. The van der Waals surface area contributed by atoms with Crippen LogP contribution in [0.1, 0.15) is 22.5 Å². The molecule has 2 aromatic rings. The molecule has 1 aromatic heterocycles. The minimum absolute atomic E-state index is 0.130. The number of likely N-dealkylation sites (tertiary alicyclic amines) is 1. The largest absolute Gasteiger partial charge is 0.461 e. The molecule has 106 valence electrons. The summed E-state index contributed by atoms with van der Waals surface area (Å²) in [6.07, 6.45) is 0.405. The lowest BCUT2D eigenvalue weighted by Gasteiger charge is -2.20. The van der Waals surface area contributed by atoms with Crippen LogP contribution >= 0.6 is 0 Å². The van der Waals surface area contributed by atoms with Crippen LogP contribution in [0.25, 0.3) is 11.0 Å². The number of fused-ring (bicyclic) bond motifs is 1. The Balaban J connectivity index is 1.85. The molecule has 5 heteroatoms. The van der Waals surface area contributed by atoms with Gasteiger partial charge in [0.15, 0.2) is 0 Å². The first-order valence-corrected chi connectivity index (χ1v) is 6.63. The van der Waals surface area contributed by atoms with Gasteiger partial charge in [0.05, 0.1) is 13.2 Å². The Hall–Kier alpha value is -1.85. The van der Waals surface area contributed by atoms with Gasteiger partial charge in [-0.2, -0.15) is 0 Å². The van der Waals surface area contributed by atoms with Crippen LogP contribution in [0.3, 0.4) is 0 Å². The number of carbonyl (C=O) groups is 1. The summed E-state index contributed by atoms with van der Waals surface area (Å²) in [5.41, 5.74) is 0.166. The Morgan fingerprint density at radius 2 is 2.25 bits per heavy atom. The van der Waals surface area contributed by atoms with Crippen molar-refractivity contribution in [1.82, 2.24) is 4.90 Å². The fraction of sp³-hybridized carbons (Fsp3) is 0.400. The highest BCUT2D eigenvalue weighted by Gasteiger charge is 2.37. The number of aliphatic hydroxyl groups is 2. The Morgan fingerprint density at radius 3 is 2.95 bits per heavy atom. The molecule has 1 aliphatic rings. The molecule has 0 radical (unpaired) electrons. The van der Waals surface area contributed by atoms with Crippen molar-refractivity contribution in [3.63, 3.8) is 0 Å². The van der Waals surface area contributed by atoms with Crippen LogP contribution in [0.2, 0.25) is 0 Å². The fourth-order valence-corrected chi connectivity index (χ4v) is 2.65. The van der Waals surface area contributed by atoms with E-state index >= 15 is 0 Å². The molecular weight excluding hydrogens is 258 g/mol. The predicted molar refractivity (Wildman–Crippen MR) is 73.5 cm³/mol. The third-order valence-corrected chi connectivity index (χ3v) is 3.80. The first kappa shape index (κ1) is 13.1. The minimum Gasteiger partial charge on any atom is -0.461 e. The van der Waals surface area contributed by atoms with Crippen LogP contribution in [0.4, 0.5) is 0 Å². The van der Waals surface area contributed by atoms with Crippen LogP contribution in [-0.4, -0.2) is 46.3 Å². The molecule has 0 unspecified atom stereocenters. The third kappa shape index (κ3) is 2.19. The first-order valence-electron chi connectivity index (χ1n) is 6.63. The van der Waals surface area contributed by atoms with Gasteiger partial charge in [0.2, 0.25) is 0 Å². The Bertz CT molecular complexity index is 663. The van der Waals surface area contributed by atoms with Gasteiger partial charge in [0.25, 0.3) is 5.91 Å². The van der Waals surface area contributed by atoms with E-state index < -0.39 is 5.60 Å². The van der Waals surface area contributed by atoms with Gasteiger partial charge in [-0.25, -0.2) is 0 Å². The van der Waals surface area contributed by atoms with E-state index in [4.69, 9.17) is 9.52 Å². The summed E-state index contributed by atoms with van der Waals surface area (Å²) in [7, 11) is 0. The topological polar surface area (TPSA) is 73.9 Å². The summed E-state index contributed by atoms with van der Waals surface area (Å²) in [5.74, 6) is 0.676. The number of nitrogens with zero attached hydrogens (tertiary/aromatic N) is 1. The molecule has 20 heavy (non-hydrogen) atoms. The van der Waals surface area contributed by atoms with Crippen LogP contribution in [-0.2, 0) is 0 Å². The van der Waals surface area contributed by atoms with Crippen LogP contribution in [0.15, 0.2) is 28.7 Å². The van der Waals surface area contributed by atoms with Gasteiger partial charge >= 0.3 is 0 Å². The van der Waals surface area contributed by atoms with E-state index in [1.54, 1.807) is 23.1 Å². The number of benzene rings is 1. The van der Waals surface area contributed by atoms with Gasteiger partial charge in [0, 0.05) is 17.5 Å². The van der Waals surface area contributed by atoms with E-state index in [0.29, 0.717) is 18.5 Å². The molecule has 1 amide bonds. The molecule has 1 fully saturated rings. The summed E-state index contributed by atoms with van der Waals surface area (Å²) in [4.78, 5) is 14.0. The van der Waals surface area contributed by atoms with Gasteiger partial charge in [-0.1, -0.05) is 0 Å². The zero-order valence-corrected chi connectivity index (χ0v) is 11.3. The molecule has 0 spiro atoms. The van der Waals surface area contributed by atoms with Crippen LogP contribution < -0.4 is 0 Å². The van der Waals surface area contributed by atoms with E-state index in [1.165, 1.54) is 0 Å². The van der Waals surface area contributed by atoms with E-state index in [2.05, 4.69) is 0 Å². The summed E-state index contributed by atoms with van der Waals surface area (Å²) < 4.78 is 5.48. The number of aryl methyl sites for hydroxylation is 1. The molecule has 0 saturated carbocycles. The Labute approximate surface area is 116 Å². The van der Waals surface area contributed by atoms with Crippen LogP contribution in [0, 0.1) is 6.92 Å². The zero-order chi connectivity index (χ0) is 14.3.